The number of aliphatic hydroxyl groups is 1. The van der Waals surface area contributed by atoms with E-state index in [1.54, 1.807) is 18.0 Å². The first-order valence-electron chi connectivity index (χ1n) is 5.46. The van der Waals surface area contributed by atoms with Crippen LogP contribution in [0.15, 0.2) is 47.5 Å². The van der Waals surface area contributed by atoms with Gasteiger partial charge in [-0.15, -0.1) is 11.8 Å². The van der Waals surface area contributed by atoms with Crippen molar-refractivity contribution in [2.45, 2.75) is 17.9 Å². The summed E-state index contributed by atoms with van der Waals surface area (Å²) in [7, 11) is 0. The van der Waals surface area contributed by atoms with Gasteiger partial charge in [-0.05, 0) is 30.9 Å². The third-order valence-corrected chi connectivity index (χ3v) is 3.50. The summed E-state index contributed by atoms with van der Waals surface area (Å²) in [6.07, 6.45) is 3.14. The molecule has 1 heterocycles. The molecule has 2 aromatic rings. The number of nitrogens with zero attached hydrogens (tertiary/aromatic N) is 1. The van der Waals surface area contributed by atoms with Crippen molar-refractivity contribution in [2.75, 3.05) is 6.26 Å². The van der Waals surface area contributed by atoms with Crippen LogP contribution in [-0.4, -0.2) is 16.3 Å². The summed E-state index contributed by atoms with van der Waals surface area (Å²) in [6, 6.07) is 11.7. The number of aryl methyl sites for hydroxylation is 1. The molecule has 0 saturated carbocycles. The van der Waals surface area contributed by atoms with E-state index in [0.29, 0.717) is 0 Å². The summed E-state index contributed by atoms with van der Waals surface area (Å²) in [5.74, 6) is 0. The Morgan fingerprint density at radius 3 is 2.59 bits per heavy atom. The van der Waals surface area contributed by atoms with Crippen LogP contribution in [0.4, 0.5) is 0 Å². The number of aromatic nitrogens is 1. The Morgan fingerprint density at radius 1 is 1.18 bits per heavy atom. The second-order valence-corrected chi connectivity index (χ2v) is 4.73. The summed E-state index contributed by atoms with van der Waals surface area (Å²) in [5, 5.41) is 10.3. The van der Waals surface area contributed by atoms with Gasteiger partial charge in [0.25, 0.3) is 0 Å². The standard InChI is InChI=1S/C14H15NOS/c1-10-7-8-11(9-15-10)14(16)12-5-3-4-6-13(12)17-2/h3-9,14,16H,1-2H3. The van der Waals surface area contributed by atoms with Crippen LogP contribution in [0.5, 0.6) is 0 Å². The zero-order valence-electron chi connectivity index (χ0n) is 9.92. The van der Waals surface area contributed by atoms with E-state index >= 15 is 0 Å². The summed E-state index contributed by atoms with van der Waals surface area (Å²) < 4.78 is 0. The Labute approximate surface area is 106 Å². The van der Waals surface area contributed by atoms with Crippen molar-refractivity contribution in [3.05, 3.63) is 59.4 Å². The van der Waals surface area contributed by atoms with E-state index in [1.165, 1.54) is 0 Å². The van der Waals surface area contributed by atoms with Gasteiger partial charge in [0, 0.05) is 22.3 Å². The van der Waals surface area contributed by atoms with Gasteiger partial charge < -0.3 is 5.11 Å². The lowest BCUT2D eigenvalue weighted by Gasteiger charge is -2.14. The molecule has 0 amide bonds. The highest BCUT2D eigenvalue weighted by molar-refractivity contribution is 7.98. The van der Waals surface area contributed by atoms with Crippen molar-refractivity contribution >= 4 is 11.8 Å². The van der Waals surface area contributed by atoms with E-state index in [-0.39, 0.29) is 0 Å². The highest BCUT2D eigenvalue weighted by atomic mass is 32.2. The minimum Gasteiger partial charge on any atom is -0.384 e. The Bertz CT molecular complexity index is 496. The minimum atomic E-state index is -0.605. The molecular weight excluding hydrogens is 230 g/mol. The summed E-state index contributed by atoms with van der Waals surface area (Å²) in [6.45, 7) is 1.94. The molecule has 2 nitrogen and oxygen atoms in total. The van der Waals surface area contributed by atoms with Crippen molar-refractivity contribution in [1.82, 2.24) is 4.98 Å². The number of hydrogen-bond acceptors (Lipinski definition) is 3. The monoisotopic (exact) mass is 245 g/mol. The molecule has 0 fully saturated rings. The van der Waals surface area contributed by atoms with Crippen molar-refractivity contribution in [3.8, 4) is 0 Å². The molecule has 0 radical (unpaired) electrons. The van der Waals surface area contributed by atoms with Gasteiger partial charge in [-0.3, -0.25) is 4.98 Å². The molecule has 1 aromatic heterocycles. The Morgan fingerprint density at radius 2 is 1.94 bits per heavy atom. The average Bonchev–Trinajstić information content (AvgIpc) is 2.39. The van der Waals surface area contributed by atoms with Crippen LogP contribution in [0.1, 0.15) is 22.9 Å². The summed E-state index contributed by atoms with van der Waals surface area (Å²) >= 11 is 1.64. The Hall–Kier alpha value is -1.32. The molecule has 0 aliphatic rings. The van der Waals surface area contributed by atoms with Gasteiger partial charge in [-0.2, -0.15) is 0 Å². The molecule has 17 heavy (non-hydrogen) atoms. The second kappa shape index (κ2) is 5.34. The van der Waals surface area contributed by atoms with Crippen molar-refractivity contribution in [2.24, 2.45) is 0 Å². The van der Waals surface area contributed by atoms with Gasteiger partial charge >= 0.3 is 0 Å². The summed E-state index contributed by atoms with van der Waals surface area (Å²) in [4.78, 5) is 5.31. The van der Waals surface area contributed by atoms with Crippen molar-refractivity contribution in [1.29, 1.82) is 0 Å². The van der Waals surface area contributed by atoms with Gasteiger partial charge in [0.15, 0.2) is 0 Å². The van der Waals surface area contributed by atoms with Crippen LogP contribution >= 0.6 is 11.8 Å². The fourth-order valence-electron chi connectivity index (χ4n) is 1.71. The molecule has 1 unspecified atom stereocenters. The maximum Gasteiger partial charge on any atom is 0.107 e. The number of aliphatic hydroxyl groups excluding tert-OH is 1. The highest BCUT2D eigenvalue weighted by Gasteiger charge is 2.13. The molecular formula is C14H15NOS. The van der Waals surface area contributed by atoms with Crippen LogP contribution in [0, 0.1) is 6.92 Å². The van der Waals surface area contributed by atoms with E-state index in [0.717, 1.165) is 21.7 Å². The third kappa shape index (κ3) is 2.68. The Kier molecular flexibility index (Phi) is 3.82. The van der Waals surface area contributed by atoms with E-state index in [2.05, 4.69) is 4.98 Å². The SMILES string of the molecule is CSc1ccccc1C(O)c1ccc(C)nc1. The molecule has 1 aromatic carbocycles. The molecule has 0 spiro atoms. The van der Waals surface area contributed by atoms with Crippen molar-refractivity contribution < 1.29 is 5.11 Å². The van der Waals surface area contributed by atoms with Crippen molar-refractivity contribution in [3.63, 3.8) is 0 Å². The van der Waals surface area contributed by atoms with Crippen LogP contribution in [0.3, 0.4) is 0 Å². The third-order valence-electron chi connectivity index (χ3n) is 2.68. The zero-order valence-corrected chi connectivity index (χ0v) is 10.7. The second-order valence-electron chi connectivity index (χ2n) is 3.88. The lowest BCUT2D eigenvalue weighted by atomic mass is 10.0. The first-order chi connectivity index (χ1) is 8.22. The van der Waals surface area contributed by atoms with E-state index in [9.17, 15) is 5.11 Å². The maximum atomic E-state index is 10.3. The lowest BCUT2D eigenvalue weighted by molar-refractivity contribution is 0.217. The van der Waals surface area contributed by atoms with E-state index < -0.39 is 6.10 Å². The molecule has 0 saturated heterocycles. The number of hydrogen-bond donors (Lipinski definition) is 1. The lowest BCUT2D eigenvalue weighted by Crippen LogP contribution is -2.02. The van der Waals surface area contributed by atoms with E-state index in [4.69, 9.17) is 0 Å². The molecule has 88 valence electrons. The van der Waals surface area contributed by atoms with Gasteiger partial charge in [0.05, 0.1) is 0 Å². The quantitative estimate of drug-likeness (QED) is 0.843. The van der Waals surface area contributed by atoms with Gasteiger partial charge in [-0.1, -0.05) is 24.3 Å². The molecule has 1 N–H and O–H groups in total. The number of rotatable bonds is 3. The first kappa shape index (κ1) is 12.1. The van der Waals surface area contributed by atoms with Gasteiger partial charge in [0.2, 0.25) is 0 Å². The van der Waals surface area contributed by atoms with Gasteiger partial charge in [0.1, 0.15) is 6.10 Å². The predicted octanol–water partition coefficient (Wildman–Crippen LogP) is 3.19. The molecule has 2 rings (SSSR count). The number of benzene rings is 1. The molecule has 1 atom stereocenters. The topological polar surface area (TPSA) is 33.1 Å². The number of thioether (sulfide) groups is 1. The predicted molar refractivity (Wildman–Crippen MR) is 71.3 cm³/mol. The van der Waals surface area contributed by atoms with Crippen LogP contribution < -0.4 is 0 Å². The van der Waals surface area contributed by atoms with Crippen LogP contribution in [-0.2, 0) is 0 Å². The normalized spacial score (nSPS) is 12.4. The van der Waals surface area contributed by atoms with Crippen LogP contribution in [0.2, 0.25) is 0 Å². The number of pyridine rings is 1. The average molecular weight is 245 g/mol. The Balaban J connectivity index is 2.36. The highest BCUT2D eigenvalue weighted by Crippen LogP contribution is 2.29. The largest absolute Gasteiger partial charge is 0.384 e. The molecule has 3 heteroatoms. The summed E-state index contributed by atoms with van der Waals surface area (Å²) in [5.41, 5.74) is 2.72. The zero-order chi connectivity index (χ0) is 12.3. The fourth-order valence-corrected chi connectivity index (χ4v) is 2.34. The molecule has 0 aliphatic heterocycles. The van der Waals surface area contributed by atoms with Crippen LogP contribution in [0.25, 0.3) is 0 Å². The van der Waals surface area contributed by atoms with Gasteiger partial charge in [-0.25, -0.2) is 0 Å². The van der Waals surface area contributed by atoms with E-state index in [1.807, 2.05) is 49.6 Å². The molecule has 0 aliphatic carbocycles. The molecule has 0 bridgehead atoms. The first-order valence-corrected chi connectivity index (χ1v) is 6.68. The minimum absolute atomic E-state index is 0.605. The maximum absolute atomic E-state index is 10.3. The smallest absolute Gasteiger partial charge is 0.107 e. The fraction of sp³-hybridized carbons (Fsp3) is 0.214.